The Bertz CT molecular complexity index is 1010. The zero-order valence-electron chi connectivity index (χ0n) is 20.7. The second kappa shape index (κ2) is 11.3. The number of hydrogen-bond donors (Lipinski definition) is 1. The Kier molecular flexibility index (Phi) is 8.38. The van der Waals surface area contributed by atoms with E-state index in [0.717, 1.165) is 5.56 Å². The van der Waals surface area contributed by atoms with Gasteiger partial charge < -0.3 is 24.3 Å². The lowest BCUT2D eigenvalue weighted by Gasteiger charge is -2.29. The number of ether oxygens (including phenoxy) is 4. The Hall–Kier alpha value is -3.55. The molecule has 2 aromatic carbocycles. The zero-order valence-corrected chi connectivity index (χ0v) is 20.7. The first-order valence-electron chi connectivity index (χ1n) is 11.8. The van der Waals surface area contributed by atoms with Gasteiger partial charge >= 0.3 is 18.0 Å². The molecule has 2 unspecified atom stereocenters. The molecular formula is C27H33NO7. The molecular weight excluding hydrogens is 450 g/mol. The first-order chi connectivity index (χ1) is 16.6. The molecule has 35 heavy (non-hydrogen) atoms. The van der Waals surface area contributed by atoms with Gasteiger partial charge in [0, 0.05) is 6.42 Å². The maximum absolute atomic E-state index is 12.8. The molecule has 188 valence electrons. The van der Waals surface area contributed by atoms with E-state index in [-0.39, 0.29) is 25.7 Å². The smallest absolute Gasteiger partial charge is 0.408 e. The third-order valence-corrected chi connectivity index (χ3v) is 5.48. The van der Waals surface area contributed by atoms with Crippen molar-refractivity contribution >= 4 is 18.0 Å². The highest BCUT2D eigenvalue weighted by Crippen LogP contribution is 2.34. The molecule has 0 radical (unpaired) electrons. The molecule has 1 amide bonds. The number of rotatable bonds is 8. The number of carbonyl (C=O) groups is 3. The van der Waals surface area contributed by atoms with Crippen molar-refractivity contribution in [1.29, 1.82) is 0 Å². The minimum absolute atomic E-state index is 0.195. The SMILES string of the molecule is CCOC(=O)C1(NC(=O)OC(C)(C)C)CCC(Oc2ccc(C(=O)OCc3ccccc3)cc2)C1. The second-order valence-corrected chi connectivity index (χ2v) is 9.50. The molecule has 0 bridgehead atoms. The van der Waals surface area contributed by atoms with E-state index in [1.807, 2.05) is 30.3 Å². The molecule has 0 aromatic heterocycles. The van der Waals surface area contributed by atoms with Crippen LogP contribution in [0.25, 0.3) is 0 Å². The van der Waals surface area contributed by atoms with Crippen molar-refractivity contribution in [2.24, 2.45) is 0 Å². The number of esters is 2. The van der Waals surface area contributed by atoms with Crippen LogP contribution in [0.5, 0.6) is 5.75 Å². The molecule has 2 atom stereocenters. The van der Waals surface area contributed by atoms with Crippen LogP contribution in [0, 0.1) is 0 Å². The summed E-state index contributed by atoms with van der Waals surface area (Å²) < 4.78 is 22.0. The van der Waals surface area contributed by atoms with Gasteiger partial charge in [-0.3, -0.25) is 0 Å². The minimum Gasteiger partial charge on any atom is -0.490 e. The summed E-state index contributed by atoms with van der Waals surface area (Å²) in [7, 11) is 0. The summed E-state index contributed by atoms with van der Waals surface area (Å²) in [5.41, 5.74) is -0.595. The van der Waals surface area contributed by atoms with Crippen molar-refractivity contribution in [1.82, 2.24) is 5.32 Å². The van der Waals surface area contributed by atoms with Crippen LogP contribution in [0.2, 0.25) is 0 Å². The van der Waals surface area contributed by atoms with Gasteiger partial charge in [-0.05, 0) is 70.4 Å². The van der Waals surface area contributed by atoms with E-state index < -0.39 is 29.2 Å². The fraction of sp³-hybridized carbons (Fsp3) is 0.444. The molecule has 1 aliphatic rings. The first kappa shape index (κ1) is 26.1. The highest BCUT2D eigenvalue weighted by Gasteiger charge is 2.49. The van der Waals surface area contributed by atoms with E-state index in [1.165, 1.54) is 0 Å². The lowest BCUT2D eigenvalue weighted by Crippen LogP contribution is -2.55. The standard InChI is InChI=1S/C27H33NO7/c1-5-32-24(30)27(28-25(31)35-26(2,3)4)16-15-22(17-27)34-21-13-11-20(12-14-21)23(29)33-18-19-9-7-6-8-10-19/h6-14,22H,5,15-18H2,1-4H3,(H,28,31). The number of alkyl carbamates (subject to hydrolysis) is 1. The monoisotopic (exact) mass is 483 g/mol. The van der Waals surface area contributed by atoms with Gasteiger partial charge in [-0.1, -0.05) is 30.3 Å². The Morgan fingerprint density at radius 2 is 1.69 bits per heavy atom. The normalized spacial score (nSPS) is 19.5. The van der Waals surface area contributed by atoms with Crippen LogP contribution in [-0.4, -0.2) is 41.9 Å². The van der Waals surface area contributed by atoms with Crippen molar-refractivity contribution in [3.05, 3.63) is 65.7 Å². The molecule has 3 rings (SSSR count). The fourth-order valence-corrected chi connectivity index (χ4v) is 3.89. The van der Waals surface area contributed by atoms with Gasteiger partial charge in [-0.15, -0.1) is 0 Å². The Labute approximate surface area is 205 Å². The van der Waals surface area contributed by atoms with E-state index in [1.54, 1.807) is 52.0 Å². The summed E-state index contributed by atoms with van der Waals surface area (Å²) in [6, 6.07) is 16.1. The maximum atomic E-state index is 12.8. The van der Waals surface area contributed by atoms with Crippen molar-refractivity contribution in [2.75, 3.05) is 6.61 Å². The minimum atomic E-state index is -1.22. The van der Waals surface area contributed by atoms with Crippen LogP contribution in [0.3, 0.4) is 0 Å². The molecule has 1 aliphatic carbocycles. The molecule has 1 N–H and O–H groups in total. The highest BCUT2D eigenvalue weighted by molar-refractivity contribution is 5.89. The largest absolute Gasteiger partial charge is 0.490 e. The van der Waals surface area contributed by atoms with E-state index in [9.17, 15) is 14.4 Å². The average Bonchev–Trinajstić information content (AvgIpc) is 3.21. The first-order valence-corrected chi connectivity index (χ1v) is 11.8. The molecule has 1 saturated carbocycles. The maximum Gasteiger partial charge on any atom is 0.408 e. The lowest BCUT2D eigenvalue weighted by molar-refractivity contribution is -0.151. The number of amides is 1. The quantitative estimate of drug-likeness (QED) is 0.425. The molecule has 0 heterocycles. The third-order valence-electron chi connectivity index (χ3n) is 5.48. The van der Waals surface area contributed by atoms with Gasteiger partial charge in [0.1, 0.15) is 29.6 Å². The molecule has 0 aliphatic heterocycles. The highest BCUT2D eigenvalue weighted by atomic mass is 16.6. The van der Waals surface area contributed by atoms with Crippen molar-refractivity contribution in [3.63, 3.8) is 0 Å². The Morgan fingerprint density at radius 1 is 1.00 bits per heavy atom. The summed E-state index contributed by atoms with van der Waals surface area (Å²) in [4.78, 5) is 37.5. The van der Waals surface area contributed by atoms with Crippen molar-refractivity contribution < 1.29 is 33.3 Å². The van der Waals surface area contributed by atoms with Gasteiger partial charge in [-0.25, -0.2) is 14.4 Å². The van der Waals surface area contributed by atoms with Crippen molar-refractivity contribution in [3.8, 4) is 5.75 Å². The fourth-order valence-electron chi connectivity index (χ4n) is 3.89. The predicted molar refractivity (Wildman–Crippen MR) is 129 cm³/mol. The summed E-state index contributed by atoms with van der Waals surface area (Å²) >= 11 is 0. The van der Waals surface area contributed by atoms with E-state index in [0.29, 0.717) is 24.2 Å². The molecule has 0 spiro atoms. The Morgan fingerprint density at radius 3 is 2.31 bits per heavy atom. The number of hydrogen-bond acceptors (Lipinski definition) is 7. The van der Waals surface area contributed by atoms with Crippen LogP contribution in [0.1, 0.15) is 62.9 Å². The summed E-state index contributed by atoms with van der Waals surface area (Å²) in [5.74, 6) is -0.385. The van der Waals surface area contributed by atoms with Crippen LogP contribution in [-0.2, 0) is 25.6 Å². The molecule has 8 nitrogen and oxygen atoms in total. The molecule has 8 heteroatoms. The number of benzene rings is 2. The predicted octanol–water partition coefficient (Wildman–Crippen LogP) is 4.80. The summed E-state index contributed by atoms with van der Waals surface area (Å²) in [6.45, 7) is 7.38. The van der Waals surface area contributed by atoms with E-state index in [2.05, 4.69) is 5.32 Å². The number of carbonyl (C=O) groups excluding carboxylic acids is 3. The van der Waals surface area contributed by atoms with Gasteiger partial charge in [-0.2, -0.15) is 0 Å². The average molecular weight is 484 g/mol. The van der Waals surface area contributed by atoms with Gasteiger partial charge in [0.2, 0.25) is 0 Å². The topological polar surface area (TPSA) is 100 Å². The zero-order chi connectivity index (χ0) is 25.5. The van der Waals surface area contributed by atoms with E-state index in [4.69, 9.17) is 18.9 Å². The number of nitrogens with one attached hydrogen (secondary N) is 1. The van der Waals surface area contributed by atoms with Crippen LogP contribution < -0.4 is 10.1 Å². The molecule has 0 saturated heterocycles. The third kappa shape index (κ3) is 7.47. The van der Waals surface area contributed by atoms with Gasteiger partial charge in [0.05, 0.1) is 12.2 Å². The summed E-state index contributed by atoms with van der Waals surface area (Å²) in [5, 5.41) is 2.72. The molecule has 2 aromatic rings. The van der Waals surface area contributed by atoms with Gasteiger partial charge in [0.15, 0.2) is 0 Å². The van der Waals surface area contributed by atoms with Crippen LogP contribution in [0.15, 0.2) is 54.6 Å². The van der Waals surface area contributed by atoms with Gasteiger partial charge in [0.25, 0.3) is 0 Å². The molecule has 1 fully saturated rings. The lowest BCUT2D eigenvalue weighted by atomic mass is 9.98. The van der Waals surface area contributed by atoms with E-state index >= 15 is 0 Å². The van der Waals surface area contributed by atoms with Crippen LogP contribution in [0.4, 0.5) is 4.79 Å². The van der Waals surface area contributed by atoms with Crippen molar-refractivity contribution in [2.45, 2.75) is 70.8 Å². The summed E-state index contributed by atoms with van der Waals surface area (Å²) in [6.07, 6.45) is 0.135. The Balaban J connectivity index is 1.60. The second-order valence-electron chi connectivity index (χ2n) is 9.50. The van der Waals surface area contributed by atoms with Crippen LogP contribution >= 0.6 is 0 Å².